The molecule has 0 radical (unpaired) electrons. The minimum atomic E-state index is -0.457. The monoisotopic (exact) mass is 373 g/mol. The van der Waals surface area contributed by atoms with Crippen LogP contribution in [0.2, 0.25) is 0 Å². The Morgan fingerprint density at radius 3 is 2.29 bits per heavy atom. The zero-order valence-electron chi connectivity index (χ0n) is 15.6. The number of hydrogen-bond donors (Lipinski definition) is 2. The van der Waals surface area contributed by atoms with Crippen LogP contribution in [0.15, 0.2) is 72.8 Å². The summed E-state index contributed by atoms with van der Waals surface area (Å²) >= 11 is 0. The van der Waals surface area contributed by atoms with E-state index >= 15 is 0 Å². The van der Waals surface area contributed by atoms with Gasteiger partial charge in [0.05, 0.1) is 0 Å². The van der Waals surface area contributed by atoms with Crippen molar-refractivity contribution >= 4 is 11.8 Å². The molecule has 3 aromatic rings. The Bertz CT molecular complexity index is 937. The van der Waals surface area contributed by atoms with Gasteiger partial charge in [0.2, 0.25) is 0 Å². The van der Waals surface area contributed by atoms with Crippen molar-refractivity contribution in [2.24, 2.45) is 0 Å². The second-order valence-electron chi connectivity index (χ2n) is 6.98. The molecular formula is C24H23NO3. The van der Waals surface area contributed by atoms with Crippen molar-refractivity contribution in [3.8, 4) is 11.1 Å². The number of carbonyl (C=O) groups is 1. The average molecular weight is 373 g/mol. The van der Waals surface area contributed by atoms with Gasteiger partial charge in [-0.25, -0.2) is 4.79 Å². The molecule has 0 aliphatic heterocycles. The van der Waals surface area contributed by atoms with Gasteiger partial charge in [-0.05, 0) is 52.8 Å². The summed E-state index contributed by atoms with van der Waals surface area (Å²) in [7, 11) is 0. The largest absolute Gasteiger partial charge is 0.448 e. The fourth-order valence-electron chi connectivity index (χ4n) is 3.84. The molecule has 2 N–H and O–H groups in total. The standard InChI is InChI=1S/C24H23NO3/c26-14-6-8-17-7-5-9-18(15-17)25-24(27)28-16-23-21-12-3-1-10-19(21)20-11-2-4-13-22(20)23/h1-5,7,9-13,15,23,26H,6,8,14,16H2,(H,25,27). The molecule has 0 spiro atoms. The fourth-order valence-corrected chi connectivity index (χ4v) is 3.84. The van der Waals surface area contributed by atoms with E-state index in [9.17, 15) is 4.79 Å². The molecule has 0 saturated heterocycles. The van der Waals surface area contributed by atoms with Crippen LogP contribution in [0.3, 0.4) is 0 Å². The third-order valence-electron chi connectivity index (χ3n) is 5.14. The molecule has 4 nitrogen and oxygen atoms in total. The highest BCUT2D eigenvalue weighted by atomic mass is 16.5. The number of benzene rings is 3. The molecule has 4 rings (SSSR count). The van der Waals surface area contributed by atoms with Gasteiger partial charge in [0.1, 0.15) is 6.61 Å². The van der Waals surface area contributed by atoms with Gasteiger partial charge in [-0.2, -0.15) is 0 Å². The van der Waals surface area contributed by atoms with E-state index in [1.165, 1.54) is 22.3 Å². The lowest BCUT2D eigenvalue weighted by Gasteiger charge is -2.15. The van der Waals surface area contributed by atoms with E-state index in [0.29, 0.717) is 18.7 Å². The molecule has 3 aromatic carbocycles. The summed E-state index contributed by atoms with van der Waals surface area (Å²) in [5.41, 5.74) is 6.59. The van der Waals surface area contributed by atoms with Crippen LogP contribution >= 0.6 is 0 Å². The summed E-state index contributed by atoms with van der Waals surface area (Å²) in [6.07, 6.45) is 1.02. The van der Waals surface area contributed by atoms with E-state index in [2.05, 4.69) is 29.6 Å². The zero-order chi connectivity index (χ0) is 19.3. The van der Waals surface area contributed by atoms with E-state index in [-0.39, 0.29) is 12.5 Å². The van der Waals surface area contributed by atoms with E-state index in [0.717, 1.165) is 12.0 Å². The second kappa shape index (κ2) is 8.28. The molecule has 0 unspecified atom stereocenters. The predicted octanol–water partition coefficient (Wildman–Crippen LogP) is 4.97. The van der Waals surface area contributed by atoms with E-state index in [1.54, 1.807) is 0 Å². The van der Waals surface area contributed by atoms with Crippen LogP contribution in [0.1, 0.15) is 29.0 Å². The van der Waals surface area contributed by atoms with Crippen molar-refractivity contribution in [1.82, 2.24) is 0 Å². The quantitative estimate of drug-likeness (QED) is 0.641. The first-order chi connectivity index (χ1) is 13.8. The van der Waals surface area contributed by atoms with Gasteiger partial charge in [-0.3, -0.25) is 5.32 Å². The molecule has 0 bridgehead atoms. The summed E-state index contributed by atoms with van der Waals surface area (Å²) < 4.78 is 5.57. The summed E-state index contributed by atoms with van der Waals surface area (Å²) in [5.74, 6) is 0.0500. The number of amides is 1. The van der Waals surface area contributed by atoms with E-state index < -0.39 is 6.09 Å². The molecule has 0 saturated carbocycles. The Balaban J connectivity index is 1.43. The van der Waals surface area contributed by atoms with Crippen LogP contribution in [-0.4, -0.2) is 24.4 Å². The molecule has 1 aliphatic rings. The Hall–Kier alpha value is -3.11. The number of nitrogens with one attached hydrogen (secondary N) is 1. The lowest BCUT2D eigenvalue weighted by molar-refractivity contribution is 0.158. The molecule has 0 fully saturated rings. The number of aliphatic hydroxyl groups excluding tert-OH is 1. The number of aliphatic hydroxyl groups is 1. The minimum Gasteiger partial charge on any atom is -0.448 e. The zero-order valence-corrected chi connectivity index (χ0v) is 15.6. The molecule has 142 valence electrons. The number of aryl methyl sites for hydroxylation is 1. The maximum Gasteiger partial charge on any atom is 0.411 e. The number of carbonyl (C=O) groups excluding carboxylic acids is 1. The first-order valence-electron chi connectivity index (χ1n) is 9.58. The maximum atomic E-state index is 12.3. The van der Waals surface area contributed by atoms with Crippen molar-refractivity contribution in [2.45, 2.75) is 18.8 Å². The first kappa shape index (κ1) is 18.3. The Kier molecular flexibility index (Phi) is 5.40. The van der Waals surface area contributed by atoms with Gasteiger partial charge >= 0.3 is 6.09 Å². The van der Waals surface area contributed by atoms with E-state index in [4.69, 9.17) is 9.84 Å². The summed E-state index contributed by atoms with van der Waals surface area (Å²) in [6, 6.07) is 24.2. The average Bonchev–Trinajstić information content (AvgIpc) is 3.05. The van der Waals surface area contributed by atoms with Crippen molar-refractivity contribution in [2.75, 3.05) is 18.5 Å². The first-order valence-corrected chi connectivity index (χ1v) is 9.58. The van der Waals surface area contributed by atoms with Gasteiger partial charge in [0.15, 0.2) is 0 Å². The number of anilines is 1. The third-order valence-corrected chi connectivity index (χ3v) is 5.14. The fraction of sp³-hybridized carbons (Fsp3) is 0.208. The molecule has 0 atom stereocenters. The summed E-state index contributed by atoms with van der Waals surface area (Å²) in [6.45, 7) is 0.452. The van der Waals surface area contributed by atoms with Crippen LogP contribution in [-0.2, 0) is 11.2 Å². The van der Waals surface area contributed by atoms with Crippen molar-refractivity contribution in [1.29, 1.82) is 0 Å². The van der Waals surface area contributed by atoms with Crippen LogP contribution < -0.4 is 5.32 Å². The Morgan fingerprint density at radius 1 is 0.929 bits per heavy atom. The number of ether oxygens (including phenoxy) is 1. The van der Waals surface area contributed by atoms with Crippen molar-refractivity contribution < 1.29 is 14.6 Å². The molecule has 0 heterocycles. The molecule has 4 heteroatoms. The van der Waals surface area contributed by atoms with Gasteiger partial charge in [0.25, 0.3) is 0 Å². The van der Waals surface area contributed by atoms with Gasteiger partial charge in [0, 0.05) is 18.2 Å². The van der Waals surface area contributed by atoms with Crippen LogP contribution in [0.5, 0.6) is 0 Å². The van der Waals surface area contributed by atoms with Gasteiger partial charge in [-0.1, -0.05) is 60.7 Å². The second-order valence-corrected chi connectivity index (χ2v) is 6.98. The van der Waals surface area contributed by atoms with Crippen molar-refractivity contribution in [3.05, 3.63) is 89.5 Å². The van der Waals surface area contributed by atoms with Crippen LogP contribution in [0, 0.1) is 0 Å². The van der Waals surface area contributed by atoms with Crippen LogP contribution in [0.4, 0.5) is 10.5 Å². The van der Waals surface area contributed by atoms with Gasteiger partial charge < -0.3 is 9.84 Å². The Labute approximate surface area is 164 Å². The predicted molar refractivity (Wildman–Crippen MR) is 111 cm³/mol. The topological polar surface area (TPSA) is 58.6 Å². The third kappa shape index (κ3) is 3.78. The number of hydrogen-bond acceptors (Lipinski definition) is 3. The van der Waals surface area contributed by atoms with Crippen molar-refractivity contribution in [3.63, 3.8) is 0 Å². The molecular weight excluding hydrogens is 350 g/mol. The number of fused-ring (bicyclic) bond motifs is 3. The normalized spacial score (nSPS) is 12.3. The minimum absolute atomic E-state index is 0.0500. The highest BCUT2D eigenvalue weighted by Crippen LogP contribution is 2.44. The lowest BCUT2D eigenvalue weighted by Crippen LogP contribution is -2.18. The highest BCUT2D eigenvalue weighted by Gasteiger charge is 2.28. The smallest absolute Gasteiger partial charge is 0.411 e. The lowest BCUT2D eigenvalue weighted by atomic mass is 9.98. The SMILES string of the molecule is O=C(Nc1cccc(CCCO)c1)OCC1c2ccccc2-c2ccccc21. The summed E-state index contributed by atoms with van der Waals surface area (Å²) in [5, 5.41) is 11.8. The Morgan fingerprint density at radius 2 is 1.61 bits per heavy atom. The maximum absolute atomic E-state index is 12.3. The molecule has 0 aromatic heterocycles. The summed E-state index contributed by atoms with van der Waals surface area (Å²) in [4.78, 5) is 12.3. The number of rotatable bonds is 6. The van der Waals surface area contributed by atoms with Crippen LogP contribution in [0.25, 0.3) is 11.1 Å². The highest BCUT2D eigenvalue weighted by molar-refractivity contribution is 5.85. The molecule has 1 amide bonds. The molecule has 1 aliphatic carbocycles. The van der Waals surface area contributed by atoms with Gasteiger partial charge in [-0.15, -0.1) is 0 Å². The van der Waals surface area contributed by atoms with E-state index in [1.807, 2.05) is 48.5 Å². The molecule has 28 heavy (non-hydrogen) atoms.